The molecule has 0 spiro atoms. The molecule has 11 heteroatoms. The Labute approximate surface area is 130 Å². The van der Waals surface area contributed by atoms with Crippen molar-refractivity contribution in [1.82, 2.24) is 0 Å². The fourth-order valence-corrected chi connectivity index (χ4v) is 1.68. The zero-order valence-corrected chi connectivity index (χ0v) is 14.7. The van der Waals surface area contributed by atoms with Crippen LogP contribution >= 0.6 is 15.6 Å². The van der Waals surface area contributed by atoms with Crippen molar-refractivity contribution < 1.29 is 43.2 Å². The van der Waals surface area contributed by atoms with Gasteiger partial charge in [-0.05, 0) is 12.8 Å². The smallest absolute Gasteiger partial charge is 0.370 e. The number of epoxide rings is 1. The molecule has 1 unspecified atom stereocenters. The highest BCUT2D eigenvalue weighted by atomic mass is 31.2. The molecule has 0 aromatic heterocycles. The van der Waals surface area contributed by atoms with E-state index in [4.69, 9.17) is 43.2 Å². The van der Waals surface area contributed by atoms with Crippen molar-refractivity contribution in [3.63, 3.8) is 0 Å². The molecule has 0 amide bonds. The lowest BCUT2D eigenvalue weighted by atomic mass is 9.99. The van der Waals surface area contributed by atoms with Crippen molar-refractivity contribution >= 4 is 15.6 Å². The molecule has 1 aliphatic rings. The van der Waals surface area contributed by atoms with Crippen LogP contribution in [0.15, 0.2) is 0 Å². The van der Waals surface area contributed by atoms with E-state index in [0.29, 0.717) is 5.60 Å². The number of unbranched alkanes of at least 4 members (excludes halogenated alkanes) is 4. The monoisotopic (exact) mass is 366 g/mol. The number of hydrogen-bond donors (Lipinski definition) is 6. The average Bonchev–Trinajstić information content (AvgIpc) is 3.05. The molecule has 1 atom stereocenters. The van der Waals surface area contributed by atoms with Crippen molar-refractivity contribution in [1.29, 1.82) is 0 Å². The molecule has 0 saturated carbocycles. The van der Waals surface area contributed by atoms with E-state index in [1.807, 2.05) is 0 Å². The van der Waals surface area contributed by atoms with Crippen LogP contribution in [0.1, 0.15) is 58.8 Å². The molecule has 9 nitrogen and oxygen atoms in total. The molecule has 136 valence electrons. The summed E-state index contributed by atoms with van der Waals surface area (Å²) >= 11 is 0. The molecular weight excluding hydrogens is 338 g/mol. The normalized spacial score (nSPS) is 20.4. The molecular formula is C11H28O9P2. The van der Waals surface area contributed by atoms with Gasteiger partial charge < -0.3 is 34.1 Å². The summed E-state index contributed by atoms with van der Waals surface area (Å²) in [5, 5.41) is 0. The van der Waals surface area contributed by atoms with Gasteiger partial charge in [0.25, 0.3) is 0 Å². The lowest BCUT2D eigenvalue weighted by Gasteiger charge is -2.07. The minimum Gasteiger partial charge on any atom is -0.370 e. The maximum absolute atomic E-state index is 8.88. The van der Waals surface area contributed by atoms with Crippen molar-refractivity contribution in [3.8, 4) is 0 Å². The molecule has 1 heterocycles. The summed E-state index contributed by atoms with van der Waals surface area (Å²) in [5.41, 5.74) is 0.339. The first-order valence-electron chi connectivity index (χ1n) is 7.03. The van der Waals surface area contributed by atoms with E-state index in [2.05, 4.69) is 13.8 Å². The minimum atomic E-state index is -4.64. The lowest BCUT2D eigenvalue weighted by molar-refractivity contribution is 0.272. The van der Waals surface area contributed by atoms with Gasteiger partial charge in [0.1, 0.15) is 0 Å². The van der Waals surface area contributed by atoms with Gasteiger partial charge in [-0.25, -0.2) is 9.13 Å². The van der Waals surface area contributed by atoms with Crippen LogP contribution in [-0.2, 0) is 13.9 Å². The summed E-state index contributed by atoms with van der Waals surface area (Å²) in [7, 11) is -9.28. The summed E-state index contributed by atoms with van der Waals surface area (Å²) in [6.07, 6.45) is 9.44. The topological polar surface area (TPSA) is 168 Å². The Kier molecular flexibility index (Phi) is 13.0. The Bertz CT molecular complexity index is 322. The Balaban J connectivity index is 0. The first-order chi connectivity index (χ1) is 9.83. The SMILES string of the molecule is CCCCCCCC1(CC)CO1.O=P(O)(O)O.O=P(O)(O)O. The number of rotatable bonds is 7. The van der Waals surface area contributed by atoms with Gasteiger partial charge in [-0.3, -0.25) is 0 Å². The van der Waals surface area contributed by atoms with E-state index in [-0.39, 0.29) is 0 Å². The molecule has 1 aliphatic heterocycles. The van der Waals surface area contributed by atoms with E-state index in [0.717, 1.165) is 6.61 Å². The van der Waals surface area contributed by atoms with E-state index in [9.17, 15) is 0 Å². The second-order valence-electron chi connectivity index (χ2n) is 5.02. The predicted molar refractivity (Wildman–Crippen MR) is 80.9 cm³/mol. The highest BCUT2D eigenvalue weighted by Gasteiger charge is 2.41. The van der Waals surface area contributed by atoms with Crippen LogP contribution < -0.4 is 0 Å². The number of phosphoric acid groups is 2. The molecule has 22 heavy (non-hydrogen) atoms. The Morgan fingerprint density at radius 2 is 1.23 bits per heavy atom. The van der Waals surface area contributed by atoms with Gasteiger partial charge in [-0.15, -0.1) is 0 Å². The third kappa shape index (κ3) is 28.4. The lowest BCUT2D eigenvalue weighted by Crippen LogP contribution is -2.08. The maximum Gasteiger partial charge on any atom is 0.466 e. The Hall–Kier alpha value is 0.180. The highest BCUT2D eigenvalue weighted by molar-refractivity contribution is 7.45. The molecule has 1 fully saturated rings. The molecule has 0 aromatic carbocycles. The summed E-state index contributed by atoms with van der Waals surface area (Å²) in [6.45, 7) is 5.52. The van der Waals surface area contributed by atoms with Gasteiger partial charge in [0.2, 0.25) is 0 Å². The maximum atomic E-state index is 8.88. The first-order valence-corrected chi connectivity index (χ1v) is 10.2. The fourth-order valence-electron chi connectivity index (χ4n) is 1.68. The summed E-state index contributed by atoms with van der Waals surface area (Å²) < 4.78 is 23.2. The molecule has 0 bridgehead atoms. The molecule has 0 radical (unpaired) electrons. The van der Waals surface area contributed by atoms with Crippen molar-refractivity contribution in [2.24, 2.45) is 0 Å². The summed E-state index contributed by atoms with van der Waals surface area (Å²) in [5.74, 6) is 0. The average molecular weight is 366 g/mol. The predicted octanol–water partition coefficient (Wildman–Crippen LogP) is 1.67. The largest absolute Gasteiger partial charge is 0.466 e. The van der Waals surface area contributed by atoms with Crippen molar-refractivity contribution in [2.45, 2.75) is 64.4 Å². The van der Waals surface area contributed by atoms with Crippen LogP contribution in [0.2, 0.25) is 0 Å². The van der Waals surface area contributed by atoms with Crippen LogP contribution in [0.25, 0.3) is 0 Å². The van der Waals surface area contributed by atoms with Crippen LogP contribution in [0, 0.1) is 0 Å². The first kappa shape index (κ1) is 24.4. The van der Waals surface area contributed by atoms with Crippen LogP contribution in [-0.4, -0.2) is 41.6 Å². The summed E-state index contributed by atoms with van der Waals surface area (Å²) in [6, 6.07) is 0. The van der Waals surface area contributed by atoms with E-state index < -0.39 is 15.6 Å². The molecule has 0 aliphatic carbocycles. The van der Waals surface area contributed by atoms with Gasteiger partial charge >= 0.3 is 15.6 Å². The molecule has 0 aromatic rings. The third-order valence-corrected chi connectivity index (χ3v) is 2.93. The van der Waals surface area contributed by atoms with E-state index in [1.54, 1.807) is 0 Å². The molecule has 1 rings (SSSR count). The minimum absolute atomic E-state index is 0.339. The molecule has 6 N–H and O–H groups in total. The third-order valence-electron chi connectivity index (χ3n) is 2.93. The number of hydrogen-bond acceptors (Lipinski definition) is 3. The van der Waals surface area contributed by atoms with Gasteiger partial charge in [0, 0.05) is 0 Å². The van der Waals surface area contributed by atoms with Crippen molar-refractivity contribution in [3.05, 3.63) is 0 Å². The zero-order chi connectivity index (χ0) is 17.9. The van der Waals surface area contributed by atoms with Crippen molar-refractivity contribution in [2.75, 3.05) is 6.61 Å². The van der Waals surface area contributed by atoms with E-state index in [1.165, 1.54) is 44.9 Å². The fraction of sp³-hybridized carbons (Fsp3) is 1.00. The Morgan fingerprint density at radius 1 is 0.864 bits per heavy atom. The van der Waals surface area contributed by atoms with E-state index >= 15 is 0 Å². The van der Waals surface area contributed by atoms with Crippen LogP contribution in [0.4, 0.5) is 0 Å². The van der Waals surface area contributed by atoms with Crippen LogP contribution in [0.5, 0.6) is 0 Å². The Morgan fingerprint density at radius 3 is 1.50 bits per heavy atom. The number of ether oxygens (including phenoxy) is 1. The molecule has 1 saturated heterocycles. The van der Waals surface area contributed by atoms with Gasteiger partial charge in [0.15, 0.2) is 0 Å². The van der Waals surface area contributed by atoms with Gasteiger partial charge in [0.05, 0.1) is 12.2 Å². The highest BCUT2D eigenvalue weighted by Crippen LogP contribution is 2.35. The van der Waals surface area contributed by atoms with Crippen LogP contribution in [0.3, 0.4) is 0 Å². The second-order valence-corrected chi connectivity index (χ2v) is 7.07. The summed E-state index contributed by atoms with van der Waals surface area (Å²) in [4.78, 5) is 43.1. The quantitative estimate of drug-likeness (QED) is 0.223. The van der Waals surface area contributed by atoms with Gasteiger partial charge in [-0.1, -0.05) is 46.0 Å². The zero-order valence-electron chi connectivity index (χ0n) is 13.0. The standard InChI is InChI=1S/C11H22O.2H3O4P/c1-3-5-6-7-8-9-11(4-2)10-12-11;2*1-5(2,3)4/h3-10H2,1-2H3;2*(H3,1,2,3,4). The van der Waals surface area contributed by atoms with Gasteiger partial charge in [-0.2, -0.15) is 0 Å². The second kappa shape index (κ2) is 11.7.